The minimum absolute atomic E-state index is 0.0755. The molecule has 11 nitrogen and oxygen atoms in total. The quantitative estimate of drug-likeness (QED) is 0.125. The zero-order valence-electron chi connectivity index (χ0n) is 40.4. The van der Waals surface area contributed by atoms with Gasteiger partial charge in [-0.15, -0.1) is 11.3 Å². The smallest absolute Gasteiger partial charge is 0.324 e. The summed E-state index contributed by atoms with van der Waals surface area (Å²) < 4.78 is 14.5. The first-order valence-electron chi connectivity index (χ1n) is 23.8. The van der Waals surface area contributed by atoms with E-state index in [1.54, 1.807) is 23.5 Å². The molecule has 346 valence electrons. The van der Waals surface area contributed by atoms with Crippen molar-refractivity contribution in [1.82, 2.24) is 35.2 Å². The number of methoxy groups -OCH3 is 1. The van der Waals surface area contributed by atoms with Gasteiger partial charge in [-0.1, -0.05) is 59.8 Å². The maximum atomic E-state index is 15.6. The lowest BCUT2D eigenvalue weighted by molar-refractivity contribution is -0.163. The molecule has 1 spiro atoms. The Kier molecular flexibility index (Phi) is 12.1. The summed E-state index contributed by atoms with van der Waals surface area (Å²) >= 11 is 1.66. The lowest BCUT2D eigenvalue weighted by atomic mass is 9.53. The summed E-state index contributed by atoms with van der Waals surface area (Å²) in [5, 5.41) is 9.91. The Morgan fingerprint density at radius 3 is 2.63 bits per heavy atom. The zero-order chi connectivity index (χ0) is 46.3. The van der Waals surface area contributed by atoms with E-state index in [0.717, 1.165) is 81.7 Å². The van der Waals surface area contributed by atoms with Crippen LogP contribution in [0, 0.1) is 34.0 Å². The van der Waals surface area contributed by atoms with E-state index >= 15 is 4.79 Å². The molecule has 2 radical (unpaired) electrons. The number of amides is 1. The van der Waals surface area contributed by atoms with Gasteiger partial charge < -0.3 is 24.3 Å². The van der Waals surface area contributed by atoms with Crippen LogP contribution in [0.15, 0.2) is 65.6 Å². The van der Waals surface area contributed by atoms with Crippen molar-refractivity contribution in [2.45, 2.75) is 125 Å². The monoisotopic (exact) mass is 915 g/mol. The number of allylic oxidation sites excluding steroid dienone is 2. The first-order valence-corrected chi connectivity index (χ1v) is 25.9. The number of benzene rings is 1. The number of hydrazine groups is 1. The number of nitrogens with one attached hydrogen (secondary N) is 2. The van der Waals surface area contributed by atoms with Gasteiger partial charge in [0.15, 0.2) is 0 Å². The largest absolute Gasteiger partial charge is 0.464 e. The summed E-state index contributed by atoms with van der Waals surface area (Å²) in [5.41, 5.74) is 13.1. The molecule has 4 aromatic rings. The second-order valence-corrected chi connectivity index (χ2v) is 24.2. The van der Waals surface area contributed by atoms with Crippen molar-refractivity contribution >= 4 is 43.6 Å². The van der Waals surface area contributed by atoms with Crippen LogP contribution in [-0.2, 0) is 38.4 Å². The van der Waals surface area contributed by atoms with E-state index in [9.17, 15) is 4.79 Å². The maximum absolute atomic E-state index is 15.6. The van der Waals surface area contributed by atoms with Crippen LogP contribution >= 0.6 is 11.3 Å². The highest BCUT2D eigenvalue weighted by atomic mass is 32.1. The molecule has 5 aliphatic rings. The van der Waals surface area contributed by atoms with Crippen LogP contribution in [0.5, 0.6) is 0 Å². The van der Waals surface area contributed by atoms with Crippen molar-refractivity contribution in [3.63, 3.8) is 0 Å². The Hall–Kier alpha value is -4.30. The van der Waals surface area contributed by atoms with Gasteiger partial charge in [-0.25, -0.2) is 10.4 Å². The highest BCUT2D eigenvalue weighted by Gasteiger charge is 2.76. The van der Waals surface area contributed by atoms with Gasteiger partial charge in [0.2, 0.25) is 5.91 Å². The summed E-state index contributed by atoms with van der Waals surface area (Å²) in [6.45, 7) is 30.2. The predicted molar refractivity (Wildman–Crippen MR) is 261 cm³/mol. The fourth-order valence-corrected chi connectivity index (χ4v) is 14.7. The minimum Gasteiger partial charge on any atom is -0.464 e. The number of pyridine rings is 1. The van der Waals surface area contributed by atoms with Crippen LogP contribution in [0.4, 0.5) is 0 Å². The second kappa shape index (κ2) is 17.1. The molecule has 7 atom stereocenters. The number of aromatic nitrogens is 3. The molecular weight excluding hydrogens is 847 g/mol. The van der Waals surface area contributed by atoms with Gasteiger partial charge >= 0.3 is 5.97 Å². The van der Waals surface area contributed by atoms with E-state index < -0.39 is 16.9 Å². The molecule has 1 aliphatic carbocycles. The normalized spacial score (nSPS) is 26.4. The first kappa shape index (κ1) is 45.8. The SMILES string of the molecule is C=C(NC(=C(C)C)C(C)C1C2[Si]C2C12Cc1nc(cs1)-c1ccc3c(c1)c(c(-c1cccnc1[C@H](C)OC)n3CC)CC(C)(C)COC(=O)[C@@H]1CCCN(N1)C2=O)N1CC(C(C)(C)C)C1. The lowest BCUT2D eigenvalue weighted by Crippen LogP contribution is -2.63. The molecule has 4 aliphatic heterocycles. The standard InChI is InChI=1S/C52H69N7O4SSi/c1-13-58-40-19-18-33-22-36(40)37(45(58)35-16-14-20-53-44(35)31(5)62-12)23-51(10,11)28-63-48(60)38-17-15-21-59(56-38)49(61)52(24-41-55-39(33)27-64-41)42(46-47(52)65-46)30(4)43(29(2)3)54-32(6)57-25-34(26-57)50(7,8)9/h14,16,18-20,22,27,30-31,34,38,42,46-47,54,56H,6,13,15,17,21,23-26,28H2,1-5,7-12H3/t30?,31-,38-,42?,46?,47?,52?/m0/s1. The number of aryl methyl sites for hydroxylation is 1. The third-order valence-corrected chi connectivity index (χ3v) is 18.2. The van der Waals surface area contributed by atoms with E-state index in [-0.39, 0.29) is 47.4 Å². The van der Waals surface area contributed by atoms with Gasteiger partial charge in [-0.2, -0.15) is 0 Å². The van der Waals surface area contributed by atoms with Crippen molar-refractivity contribution < 1.29 is 19.1 Å². The van der Waals surface area contributed by atoms with Crippen molar-refractivity contribution in [3.05, 3.63) is 81.8 Å². The van der Waals surface area contributed by atoms with Gasteiger partial charge in [0.25, 0.3) is 0 Å². The van der Waals surface area contributed by atoms with Crippen LogP contribution in [-0.4, -0.2) is 85.2 Å². The van der Waals surface area contributed by atoms with Gasteiger partial charge in [0, 0.05) is 93.9 Å². The summed E-state index contributed by atoms with van der Waals surface area (Å²) in [6, 6.07) is 10.3. The zero-order valence-corrected chi connectivity index (χ0v) is 42.2. The topological polar surface area (TPSA) is 114 Å². The van der Waals surface area contributed by atoms with Crippen molar-refractivity contribution in [1.29, 1.82) is 0 Å². The third-order valence-electron chi connectivity index (χ3n) is 15.4. The van der Waals surface area contributed by atoms with Crippen molar-refractivity contribution in [2.24, 2.45) is 34.0 Å². The predicted octanol–water partition coefficient (Wildman–Crippen LogP) is 9.60. The summed E-state index contributed by atoms with van der Waals surface area (Å²) in [6.07, 6.45) is 4.16. The number of hydrogen-bond donors (Lipinski definition) is 2. The number of likely N-dealkylation sites (tertiary alicyclic amines) is 1. The Morgan fingerprint density at radius 1 is 1.15 bits per heavy atom. The van der Waals surface area contributed by atoms with Crippen LogP contribution < -0.4 is 10.7 Å². The minimum atomic E-state index is -0.674. The molecule has 1 saturated carbocycles. The van der Waals surface area contributed by atoms with Crippen molar-refractivity contribution in [2.75, 3.05) is 33.4 Å². The molecule has 1 amide bonds. The lowest BCUT2D eigenvalue weighted by Gasteiger charge is -2.54. The summed E-state index contributed by atoms with van der Waals surface area (Å²) in [5.74, 6) is 1.52. The Labute approximate surface area is 392 Å². The maximum Gasteiger partial charge on any atom is 0.324 e. The highest BCUT2D eigenvalue weighted by molar-refractivity contribution is 7.10. The molecule has 9 rings (SSSR count). The number of carbonyl (C=O) groups excluding carboxylic acids is 2. The number of fused-ring (bicyclic) bond motifs is 8. The molecule has 65 heavy (non-hydrogen) atoms. The number of carbonyl (C=O) groups is 2. The van der Waals surface area contributed by atoms with Gasteiger partial charge in [-0.3, -0.25) is 19.6 Å². The fourth-order valence-electron chi connectivity index (χ4n) is 11.5. The Bertz CT molecular complexity index is 2550. The molecule has 3 aromatic heterocycles. The van der Waals surface area contributed by atoms with Gasteiger partial charge in [0.05, 0.1) is 46.0 Å². The van der Waals surface area contributed by atoms with Crippen LogP contribution in [0.25, 0.3) is 33.4 Å². The first-order chi connectivity index (χ1) is 30.9. The number of thiazole rings is 1. The molecule has 1 aromatic carbocycles. The van der Waals surface area contributed by atoms with E-state index in [1.807, 2.05) is 19.2 Å². The molecule has 3 saturated heterocycles. The van der Waals surface area contributed by atoms with E-state index in [2.05, 4.69) is 119 Å². The van der Waals surface area contributed by atoms with Gasteiger partial charge in [-0.05, 0) is 111 Å². The number of cyclic esters (lactones) is 1. The van der Waals surface area contributed by atoms with Crippen LogP contribution in [0.2, 0.25) is 11.1 Å². The molecule has 6 bridgehead atoms. The third kappa shape index (κ3) is 8.09. The average molecular weight is 916 g/mol. The molecule has 2 N–H and O–H groups in total. The number of ether oxygens (including phenoxy) is 2. The van der Waals surface area contributed by atoms with Gasteiger partial charge in [0.1, 0.15) is 6.04 Å². The Morgan fingerprint density at radius 2 is 1.92 bits per heavy atom. The number of nitrogens with zero attached hydrogens (tertiary/aromatic N) is 5. The van der Waals surface area contributed by atoms with Crippen LogP contribution in [0.1, 0.15) is 104 Å². The van der Waals surface area contributed by atoms with E-state index in [4.69, 9.17) is 19.4 Å². The number of rotatable bonds is 9. The average Bonchev–Trinajstić information content (AvgIpc) is 3.65. The number of esters is 1. The van der Waals surface area contributed by atoms with Crippen molar-refractivity contribution in [3.8, 4) is 22.5 Å². The number of hydrogen-bond acceptors (Lipinski definition) is 10. The molecule has 13 heteroatoms. The molecule has 7 heterocycles. The Balaban J connectivity index is 1.12. The van der Waals surface area contributed by atoms with Crippen LogP contribution in [0.3, 0.4) is 0 Å². The highest BCUT2D eigenvalue weighted by Crippen LogP contribution is 2.78. The summed E-state index contributed by atoms with van der Waals surface area (Å²) in [4.78, 5) is 42.3. The molecule has 4 fully saturated rings. The van der Waals surface area contributed by atoms with E-state index in [0.29, 0.717) is 46.8 Å². The fraction of sp³-hybridized carbons (Fsp3) is 0.577. The van der Waals surface area contributed by atoms with E-state index in [1.165, 1.54) is 11.1 Å². The molecule has 5 unspecified atom stereocenters. The second-order valence-electron chi connectivity index (χ2n) is 21.6. The molecular formula is C52H69N7O4SSi. The summed E-state index contributed by atoms with van der Waals surface area (Å²) in [7, 11) is 2.44.